The third-order valence-electron chi connectivity index (χ3n) is 3.72. The molecule has 0 spiro atoms. The van der Waals surface area contributed by atoms with Crippen LogP contribution in [0.5, 0.6) is 0 Å². The minimum absolute atomic E-state index is 0.135. The predicted molar refractivity (Wildman–Crippen MR) is 72.8 cm³/mol. The molecule has 90 valence electrons. The van der Waals surface area contributed by atoms with Crippen molar-refractivity contribution in [2.45, 2.75) is 31.3 Å². The number of nitrogens with two attached hydrogens (primary N) is 2. The number of hydrogen-bond donors (Lipinski definition) is 2. The third-order valence-corrected chi connectivity index (χ3v) is 3.72. The van der Waals surface area contributed by atoms with E-state index in [0.29, 0.717) is 0 Å². The van der Waals surface area contributed by atoms with Crippen LogP contribution in [-0.2, 0) is 0 Å². The van der Waals surface area contributed by atoms with Gasteiger partial charge in [0.15, 0.2) is 0 Å². The van der Waals surface area contributed by atoms with Crippen LogP contribution in [0.2, 0.25) is 0 Å². The number of hydrogen-bond acceptors (Lipinski definition) is 2. The average Bonchev–Trinajstić information content (AvgIpc) is 2.33. The predicted octanol–water partition coefficient (Wildman–Crippen LogP) is 2.25. The molecule has 1 aliphatic carbocycles. The van der Waals surface area contributed by atoms with Gasteiger partial charge < -0.3 is 11.5 Å². The minimum Gasteiger partial charge on any atom is -0.323 e. The van der Waals surface area contributed by atoms with Gasteiger partial charge in [0.1, 0.15) is 0 Å². The fourth-order valence-electron chi connectivity index (χ4n) is 2.26. The zero-order valence-corrected chi connectivity index (χ0v) is 10.4. The summed E-state index contributed by atoms with van der Waals surface area (Å²) in [5, 5.41) is 0. The molecule has 0 bridgehead atoms. The van der Waals surface area contributed by atoms with Gasteiger partial charge in [0.25, 0.3) is 0 Å². The minimum atomic E-state index is -0.496. The van der Waals surface area contributed by atoms with E-state index in [4.69, 9.17) is 11.5 Å². The van der Waals surface area contributed by atoms with E-state index in [0.717, 1.165) is 0 Å². The van der Waals surface area contributed by atoms with Crippen molar-refractivity contribution in [2.24, 2.45) is 11.5 Å². The summed E-state index contributed by atoms with van der Waals surface area (Å²) in [6.45, 7) is 4.22. The first-order chi connectivity index (χ1) is 8.04. The lowest BCUT2D eigenvalue weighted by atomic mass is 9.74. The SMILES string of the molecule is Cc1ccc(C(C)C2(N)C=CC=CC2N)cc1. The van der Waals surface area contributed by atoms with Crippen molar-refractivity contribution in [3.05, 3.63) is 59.7 Å². The molecule has 1 aromatic rings. The standard InChI is InChI=1S/C15H20N2/c1-11-6-8-13(9-7-11)12(2)15(17)10-4-3-5-14(15)16/h3-10,12,14H,16-17H2,1-2H3. The van der Waals surface area contributed by atoms with Crippen LogP contribution >= 0.6 is 0 Å². The number of allylic oxidation sites excluding steroid dienone is 2. The fourth-order valence-corrected chi connectivity index (χ4v) is 2.26. The lowest BCUT2D eigenvalue weighted by Crippen LogP contribution is -2.57. The second-order valence-corrected chi connectivity index (χ2v) is 4.90. The lowest BCUT2D eigenvalue weighted by molar-refractivity contribution is 0.401. The summed E-state index contributed by atoms with van der Waals surface area (Å²) in [6, 6.07) is 8.36. The van der Waals surface area contributed by atoms with Crippen molar-refractivity contribution in [1.82, 2.24) is 0 Å². The van der Waals surface area contributed by atoms with E-state index in [-0.39, 0.29) is 12.0 Å². The zero-order chi connectivity index (χ0) is 12.5. The molecule has 3 atom stereocenters. The van der Waals surface area contributed by atoms with Crippen LogP contribution in [0.15, 0.2) is 48.6 Å². The Bertz CT molecular complexity index is 444. The topological polar surface area (TPSA) is 52.0 Å². The molecule has 0 aliphatic heterocycles. The molecule has 2 rings (SSSR count). The third kappa shape index (κ3) is 2.19. The van der Waals surface area contributed by atoms with Crippen LogP contribution in [0.3, 0.4) is 0 Å². The van der Waals surface area contributed by atoms with E-state index < -0.39 is 5.54 Å². The normalized spacial score (nSPS) is 29.3. The molecule has 4 N–H and O–H groups in total. The highest BCUT2D eigenvalue weighted by atomic mass is 14.9. The second kappa shape index (κ2) is 4.47. The van der Waals surface area contributed by atoms with E-state index in [2.05, 4.69) is 38.1 Å². The van der Waals surface area contributed by atoms with E-state index in [9.17, 15) is 0 Å². The van der Waals surface area contributed by atoms with Gasteiger partial charge in [-0.25, -0.2) is 0 Å². The Morgan fingerprint density at radius 2 is 1.82 bits per heavy atom. The highest BCUT2D eigenvalue weighted by Gasteiger charge is 2.36. The highest BCUT2D eigenvalue weighted by molar-refractivity contribution is 5.35. The maximum absolute atomic E-state index is 6.45. The van der Waals surface area contributed by atoms with Crippen molar-refractivity contribution in [3.8, 4) is 0 Å². The quantitative estimate of drug-likeness (QED) is 0.815. The van der Waals surface area contributed by atoms with Crippen LogP contribution in [0.25, 0.3) is 0 Å². The number of benzene rings is 1. The maximum atomic E-state index is 6.45. The van der Waals surface area contributed by atoms with E-state index >= 15 is 0 Å². The number of rotatable bonds is 2. The van der Waals surface area contributed by atoms with Crippen molar-refractivity contribution >= 4 is 0 Å². The molecule has 0 heterocycles. The molecule has 2 heteroatoms. The summed E-state index contributed by atoms with van der Waals surface area (Å²) in [5.41, 5.74) is 14.6. The first-order valence-electron chi connectivity index (χ1n) is 6.01. The maximum Gasteiger partial charge on any atom is 0.0599 e. The Labute approximate surface area is 103 Å². The first-order valence-corrected chi connectivity index (χ1v) is 6.01. The van der Waals surface area contributed by atoms with Crippen molar-refractivity contribution < 1.29 is 0 Å². The van der Waals surface area contributed by atoms with Crippen LogP contribution in [0, 0.1) is 6.92 Å². The molecule has 0 saturated carbocycles. The molecule has 1 aromatic carbocycles. The molecule has 0 amide bonds. The molecule has 0 radical (unpaired) electrons. The van der Waals surface area contributed by atoms with Crippen molar-refractivity contribution in [3.63, 3.8) is 0 Å². The van der Waals surface area contributed by atoms with Gasteiger partial charge in [-0.05, 0) is 12.5 Å². The van der Waals surface area contributed by atoms with Crippen LogP contribution in [-0.4, -0.2) is 11.6 Å². The Morgan fingerprint density at radius 3 is 2.41 bits per heavy atom. The van der Waals surface area contributed by atoms with Gasteiger partial charge >= 0.3 is 0 Å². The van der Waals surface area contributed by atoms with E-state index in [1.54, 1.807) is 0 Å². The highest BCUT2D eigenvalue weighted by Crippen LogP contribution is 2.31. The smallest absolute Gasteiger partial charge is 0.0599 e. The van der Waals surface area contributed by atoms with Gasteiger partial charge in [0.05, 0.1) is 5.54 Å². The number of aryl methyl sites for hydroxylation is 1. The molecule has 2 nitrogen and oxygen atoms in total. The van der Waals surface area contributed by atoms with Gasteiger partial charge in [0.2, 0.25) is 0 Å². The van der Waals surface area contributed by atoms with E-state index in [1.165, 1.54) is 11.1 Å². The van der Waals surface area contributed by atoms with Gasteiger partial charge in [-0.3, -0.25) is 0 Å². The fraction of sp³-hybridized carbons (Fsp3) is 0.333. The second-order valence-electron chi connectivity index (χ2n) is 4.90. The van der Waals surface area contributed by atoms with Crippen LogP contribution < -0.4 is 11.5 Å². The molecule has 1 aliphatic rings. The molecular formula is C15H20N2. The van der Waals surface area contributed by atoms with Gasteiger partial charge in [0, 0.05) is 12.0 Å². The molecular weight excluding hydrogens is 208 g/mol. The zero-order valence-electron chi connectivity index (χ0n) is 10.4. The average molecular weight is 228 g/mol. The van der Waals surface area contributed by atoms with Crippen molar-refractivity contribution in [1.29, 1.82) is 0 Å². The molecule has 3 unspecified atom stereocenters. The summed E-state index contributed by atoms with van der Waals surface area (Å²) >= 11 is 0. The monoisotopic (exact) mass is 228 g/mol. The summed E-state index contributed by atoms with van der Waals surface area (Å²) in [4.78, 5) is 0. The summed E-state index contributed by atoms with van der Waals surface area (Å²) < 4.78 is 0. The molecule has 0 saturated heterocycles. The Morgan fingerprint density at radius 1 is 1.18 bits per heavy atom. The molecule has 17 heavy (non-hydrogen) atoms. The van der Waals surface area contributed by atoms with Gasteiger partial charge in [-0.1, -0.05) is 61.1 Å². The van der Waals surface area contributed by atoms with Gasteiger partial charge in [-0.2, -0.15) is 0 Å². The Hall–Kier alpha value is -1.38. The van der Waals surface area contributed by atoms with Gasteiger partial charge in [-0.15, -0.1) is 0 Å². The lowest BCUT2D eigenvalue weighted by Gasteiger charge is -2.38. The Kier molecular flexibility index (Phi) is 3.18. The first kappa shape index (κ1) is 12.1. The molecule has 0 fully saturated rings. The largest absolute Gasteiger partial charge is 0.323 e. The Balaban J connectivity index is 2.30. The van der Waals surface area contributed by atoms with E-state index in [1.807, 2.05) is 24.3 Å². The van der Waals surface area contributed by atoms with Crippen LogP contribution in [0.4, 0.5) is 0 Å². The molecule has 0 aromatic heterocycles. The van der Waals surface area contributed by atoms with Crippen molar-refractivity contribution in [2.75, 3.05) is 0 Å². The summed E-state index contributed by atoms with van der Waals surface area (Å²) in [7, 11) is 0. The summed E-state index contributed by atoms with van der Waals surface area (Å²) in [6.07, 6.45) is 7.92. The van der Waals surface area contributed by atoms with Crippen LogP contribution in [0.1, 0.15) is 24.0 Å². The summed E-state index contributed by atoms with van der Waals surface area (Å²) in [5.74, 6) is 0.194.